The second kappa shape index (κ2) is 7.04. The summed E-state index contributed by atoms with van der Waals surface area (Å²) in [4.78, 5) is 12.4. The maximum absolute atomic E-state index is 12.6. The van der Waals surface area contributed by atoms with Gasteiger partial charge < -0.3 is 5.32 Å². The second-order valence-corrected chi connectivity index (χ2v) is 9.11. The van der Waals surface area contributed by atoms with Crippen LogP contribution in [0.15, 0.2) is 52.1 Å². The van der Waals surface area contributed by atoms with Crippen LogP contribution in [-0.2, 0) is 21.4 Å². The third kappa shape index (κ3) is 3.60. The monoisotopic (exact) mass is 368 g/mol. The summed E-state index contributed by atoms with van der Waals surface area (Å²) in [5.41, 5.74) is 0.985. The van der Waals surface area contributed by atoms with Gasteiger partial charge in [-0.25, -0.2) is 8.42 Å². The maximum Gasteiger partial charge on any atom is 0.254 e. The fraction of sp³-hybridized carbons (Fsp3) is 0.267. The first-order chi connectivity index (χ1) is 11.1. The molecule has 1 N–H and O–H groups in total. The van der Waals surface area contributed by atoms with Crippen molar-refractivity contribution in [2.24, 2.45) is 0 Å². The summed E-state index contributed by atoms with van der Waals surface area (Å²) in [7, 11) is -3.60. The summed E-state index contributed by atoms with van der Waals surface area (Å²) in [6.07, 6.45) is 0. The molecule has 1 atom stereocenters. The van der Waals surface area contributed by atoms with E-state index in [4.69, 9.17) is 0 Å². The van der Waals surface area contributed by atoms with Gasteiger partial charge in [-0.2, -0.15) is 4.31 Å². The van der Waals surface area contributed by atoms with E-state index in [1.54, 1.807) is 17.5 Å². The van der Waals surface area contributed by atoms with Gasteiger partial charge in [-0.05, 0) is 17.0 Å². The molecule has 2 aromatic rings. The van der Waals surface area contributed by atoms with Crippen LogP contribution in [0.2, 0.25) is 0 Å². The fourth-order valence-corrected chi connectivity index (χ4v) is 6.57. The number of sulfonamides is 1. The molecule has 0 radical (unpaired) electrons. The molecule has 3 rings (SSSR count). The van der Waals surface area contributed by atoms with Crippen molar-refractivity contribution in [1.82, 2.24) is 9.62 Å². The Morgan fingerprint density at radius 3 is 2.70 bits per heavy atom. The van der Waals surface area contributed by atoms with Crippen molar-refractivity contribution in [3.63, 3.8) is 0 Å². The third-order valence-electron chi connectivity index (χ3n) is 3.51. The van der Waals surface area contributed by atoms with Crippen LogP contribution in [0.3, 0.4) is 0 Å². The van der Waals surface area contributed by atoms with Crippen molar-refractivity contribution >= 4 is 39.0 Å². The van der Waals surface area contributed by atoms with E-state index >= 15 is 0 Å². The number of amides is 1. The van der Waals surface area contributed by atoms with Crippen molar-refractivity contribution in [3.8, 4) is 0 Å². The first-order valence-electron chi connectivity index (χ1n) is 7.04. The molecule has 0 spiro atoms. The number of carbonyl (C=O) groups excluding carboxylic acids is 1. The van der Waals surface area contributed by atoms with Gasteiger partial charge in [0.1, 0.15) is 10.3 Å². The Balaban J connectivity index is 1.70. The molecule has 1 aliphatic rings. The van der Waals surface area contributed by atoms with Crippen LogP contribution in [0, 0.1) is 0 Å². The topological polar surface area (TPSA) is 66.5 Å². The number of hydrogen-bond donors (Lipinski definition) is 1. The van der Waals surface area contributed by atoms with Crippen LogP contribution in [0.4, 0.5) is 0 Å². The molecule has 1 aliphatic heterocycles. The van der Waals surface area contributed by atoms with Gasteiger partial charge in [0.15, 0.2) is 0 Å². The maximum atomic E-state index is 12.6. The highest BCUT2D eigenvalue weighted by atomic mass is 32.2. The molecule has 0 aliphatic carbocycles. The van der Waals surface area contributed by atoms with Gasteiger partial charge in [0.05, 0.1) is 5.88 Å². The van der Waals surface area contributed by atoms with Gasteiger partial charge in [0.25, 0.3) is 10.0 Å². The lowest BCUT2D eigenvalue weighted by atomic mass is 10.2. The predicted molar refractivity (Wildman–Crippen MR) is 92.7 cm³/mol. The van der Waals surface area contributed by atoms with Crippen molar-refractivity contribution in [3.05, 3.63) is 53.4 Å². The van der Waals surface area contributed by atoms with Gasteiger partial charge in [-0.3, -0.25) is 4.79 Å². The molecule has 23 heavy (non-hydrogen) atoms. The van der Waals surface area contributed by atoms with Crippen molar-refractivity contribution in [2.75, 3.05) is 11.6 Å². The normalized spacial score (nSPS) is 18.9. The van der Waals surface area contributed by atoms with Crippen molar-refractivity contribution in [2.45, 2.75) is 16.8 Å². The molecule has 0 bridgehead atoms. The van der Waals surface area contributed by atoms with E-state index in [-0.39, 0.29) is 10.1 Å². The Kier molecular flexibility index (Phi) is 5.05. The molecule has 1 amide bonds. The molecule has 1 aromatic carbocycles. The molecule has 8 heteroatoms. The van der Waals surface area contributed by atoms with E-state index in [1.165, 1.54) is 27.4 Å². The molecule has 1 saturated heterocycles. The number of benzene rings is 1. The van der Waals surface area contributed by atoms with Crippen LogP contribution < -0.4 is 5.32 Å². The van der Waals surface area contributed by atoms with Crippen LogP contribution in [0.25, 0.3) is 0 Å². The number of nitrogens with one attached hydrogen (secondary N) is 1. The number of rotatable bonds is 5. The van der Waals surface area contributed by atoms with E-state index in [0.717, 1.165) is 5.56 Å². The highest BCUT2D eigenvalue weighted by Crippen LogP contribution is 2.30. The molecule has 0 saturated carbocycles. The smallest absolute Gasteiger partial charge is 0.254 e. The Hall–Kier alpha value is -1.35. The van der Waals surface area contributed by atoms with E-state index in [2.05, 4.69) is 5.32 Å². The van der Waals surface area contributed by atoms with Gasteiger partial charge in [-0.1, -0.05) is 36.4 Å². The molecule has 122 valence electrons. The number of thiophene rings is 1. The van der Waals surface area contributed by atoms with Gasteiger partial charge in [0, 0.05) is 12.3 Å². The molecule has 0 unspecified atom stereocenters. The van der Waals surface area contributed by atoms with E-state index in [0.29, 0.717) is 18.2 Å². The zero-order valence-corrected chi connectivity index (χ0v) is 14.7. The zero-order chi connectivity index (χ0) is 16.3. The second-order valence-electron chi connectivity index (χ2n) is 5.04. The number of nitrogens with zero attached hydrogens (tertiary/aromatic N) is 1. The standard InChI is InChI=1S/C15H16N2O3S3/c18-15(16-9-12-5-2-1-3-6-12)13-10-21-11-17(13)23(19,20)14-7-4-8-22-14/h1-8,13H,9-11H2,(H,16,18)/t13-/m1/s1. The first kappa shape index (κ1) is 16.5. The van der Waals surface area contributed by atoms with Gasteiger partial charge >= 0.3 is 0 Å². The average Bonchev–Trinajstić information content (AvgIpc) is 3.25. The lowest BCUT2D eigenvalue weighted by Gasteiger charge is -2.21. The number of carbonyl (C=O) groups is 1. The summed E-state index contributed by atoms with van der Waals surface area (Å²) in [5, 5.41) is 4.56. The Morgan fingerprint density at radius 2 is 2.00 bits per heavy atom. The van der Waals surface area contributed by atoms with Crippen LogP contribution in [0.5, 0.6) is 0 Å². The molecular formula is C15H16N2O3S3. The summed E-state index contributed by atoms with van der Waals surface area (Å²) < 4.78 is 26.8. The van der Waals surface area contributed by atoms with Crippen LogP contribution in [0.1, 0.15) is 5.56 Å². The highest BCUT2D eigenvalue weighted by Gasteiger charge is 2.40. The molecule has 5 nitrogen and oxygen atoms in total. The zero-order valence-electron chi connectivity index (χ0n) is 12.2. The lowest BCUT2D eigenvalue weighted by Crippen LogP contribution is -2.46. The first-order valence-corrected chi connectivity index (χ1v) is 10.5. The van der Waals surface area contributed by atoms with Gasteiger partial charge in [0.2, 0.25) is 5.91 Å². The number of hydrogen-bond acceptors (Lipinski definition) is 5. The van der Waals surface area contributed by atoms with E-state index < -0.39 is 16.1 Å². The number of thioether (sulfide) groups is 1. The summed E-state index contributed by atoms with van der Waals surface area (Å²) >= 11 is 2.63. The van der Waals surface area contributed by atoms with Crippen molar-refractivity contribution in [1.29, 1.82) is 0 Å². The van der Waals surface area contributed by atoms with Gasteiger partial charge in [-0.15, -0.1) is 23.1 Å². The minimum Gasteiger partial charge on any atom is -0.351 e. The minimum atomic E-state index is -3.60. The predicted octanol–water partition coefficient (Wildman–Crippen LogP) is 2.13. The Labute approximate surface area is 143 Å². The Morgan fingerprint density at radius 1 is 1.22 bits per heavy atom. The highest BCUT2D eigenvalue weighted by molar-refractivity contribution is 8.01. The summed E-state index contributed by atoms with van der Waals surface area (Å²) in [5.74, 6) is 0.536. The lowest BCUT2D eigenvalue weighted by molar-refractivity contribution is -0.124. The molecule has 2 heterocycles. The average molecular weight is 369 g/mol. The van der Waals surface area contributed by atoms with E-state index in [9.17, 15) is 13.2 Å². The van der Waals surface area contributed by atoms with Crippen molar-refractivity contribution < 1.29 is 13.2 Å². The molecule has 1 aromatic heterocycles. The molecule has 1 fully saturated rings. The SMILES string of the molecule is O=C(NCc1ccccc1)[C@H]1CSCN1S(=O)(=O)c1cccs1. The minimum absolute atomic E-state index is 0.251. The largest absolute Gasteiger partial charge is 0.351 e. The Bertz CT molecular complexity index is 761. The van der Waals surface area contributed by atoms with Crippen LogP contribution >= 0.6 is 23.1 Å². The van der Waals surface area contributed by atoms with Crippen LogP contribution in [-0.4, -0.2) is 36.3 Å². The fourth-order valence-electron chi connectivity index (χ4n) is 2.30. The third-order valence-corrected chi connectivity index (χ3v) is 7.92. The molecular weight excluding hydrogens is 352 g/mol. The summed E-state index contributed by atoms with van der Waals surface area (Å²) in [6.45, 7) is 0.397. The quantitative estimate of drug-likeness (QED) is 0.878. The summed E-state index contributed by atoms with van der Waals surface area (Å²) in [6, 6.07) is 12.2. The van der Waals surface area contributed by atoms with E-state index in [1.807, 2.05) is 30.3 Å².